The molecular formula is C13H15N2OS2+. The van der Waals surface area contributed by atoms with Crippen LogP contribution in [-0.4, -0.2) is 19.0 Å². The Hall–Kier alpha value is -1.17. The Morgan fingerprint density at radius 1 is 1.39 bits per heavy atom. The molecule has 0 saturated heterocycles. The van der Waals surface area contributed by atoms with Gasteiger partial charge >= 0.3 is 0 Å². The van der Waals surface area contributed by atoms with Gasteiger partial charge in [0.25, 0.3) is 5.91 Å². The molecule has 94 valence electrons. The molecule has 3 rings (SSSR count). The van der Waals surface area contributed by atoms with Gasteiger partial charge in [0.1, 0.15) is 6.04 Å². The van der Waals surface area contributed by atoms with Crippen molar-refractivity contribution in [1.82, 2.24) is 0 Å². The van der Waals surface area contributed by atoms with E-state index in [9.17, 15) is 4.79 Å². The van der Waals surface area contributed by atoms with Gasteiger partial charge in [-0.2, -0.15) is 0 Å². The minimum atomic E-state index is -0.217. The van der Waals surface area contributed by atoms with Crippen molar-refractivity contribution in [2.45, 2.75) is 12.5 Å². The summed E-state index contributed by atoms with van der Waals surface area (Å²) in [5.41, 5.74) is 6.76. The monoisotopic (exact) mass is 279 g/mol. The molecule has 3 nitrogen and oxygen atoms in total. The van der Waals surface area contributed by atoms with E-state index in [1.807, 2.05) is 11.3 Å². The Balaban J connectivity index is 2.00. The van der Waals surface area contributed by atoms with Crippen molar-refractivity contribution in [1.29, 1.82) is 0 Å². The molecule has 1 aliphatic heterocycles. The molecule has 1 amide bonds. The average molecular weight is 279 g/mol. The van der Waals surface area contributed by atoms with E-state index in [0.717, 1.165) is 13.0 Å². The molecular weight excluding hydrogens is 264 g/mol. The molecule has 2 atom stereocenters. The molecule has 18 heavy (non-hydrogen) atoms. The first kappa shape index (κ1) is 11.9. The zero-order chi connectivity index (χ0) is 12.5. The van der Waals surface area contributed by atoms with Crippen LogP contribution in [0.1, 0.15) is 21.4 Å². The highest BCUT2D eigenvalue weighted by Gasteiger charge is 2.34. The van der Waals surface area contributed by atoms with E-state index in [0.29, 0.717) is 6.54 Å². The highest BCUT2D eigenvalue weighted by atomic mass is 32.1. The predicted octanol–water partition coefficient (Wildman–Crippen LogP) is 0.825. The summed E-state index contributed by atoms with van der Waals surface area (Å²) in [5.74, 6) is -0.217. The van der Waals surface area contributed by atoms with E-state index in [-0.39, 0.29) is 11.9 Å². The number of quaternary nitrogens is 1. The lowest BCUT2D eigenvalue weighted by Gasteiger charge is -2.31. The van der Waals surface area contributed by atoms with Crippen molar-refractivity contribution in [2.24, 2.45) is 5.73 Å². The summed E-state index contributed by atoms with van der Waals surface area (Å²) in [4.78, 5) is 15.3. The van der Waals surface area contributed by atoms with Crippen LogP contribution >= 0.6 is 22.7 Å². The highest BCUT2D eigenvalue weighted by Crippen LogP contribution is 2.31. The number of amides is 1. The Labute approximate surface area is 114 Å². The number of hydrogen-bond acceptors (Lipinski definition) is 3. The lowest BCUT2D eigenvalue weighted by molar-refractivity contribution is -0.919. The number of thiophene rings is 2. The van der Waals surface area contributed by atoms with Crippen molar-refractivity contribution in [3.05, 3.63) is 44.3 Å². The van der Waals surface area contributed by atoms with E-state index < -0.39 is 0 Å². The summed E-state index contributed by atoms with van der Waals surface area (Å²) in [6.07, 6.45) is 1.05. The fraction of sp³-hybridized carbons (Fsp3) is 0.308. The van der Waals surface area contributed by atoms with E-state index in [2.05, 4.69) is 29.0 Å². The molecule has 2 aromatic rings. The van der Waals surface area contributed by atoms with Crippen molar-refractivity contribution in [3.8, 4) is 0 Å². The number of nitrogens with one attached hydrogen (secondary N) is 1. The van der Waals surface area contributed by atoms with Crippen molar-refractivity contribution in [2.75, 3.05) is 13.1 Å². The molecule has 3 heterocycles. The molecule has 3 N–H and O–H groups in total. The molecule has 5 heteroatoms. The van der Waals surface area contributed by atoms with Crippen molar-refractivity contribution >= 4 is 28.6 Å². The van der Waals surface area contributed by atoms with Gasteiger partial charge in [0.2, 0.25) is 0 Å². The maximum atomic E-state index is 11.2. The van der Waals surface area contributed by atoms with Gasteiger partial charge in [-0.15, -0.1) is 22.7 Å². The van der Waals surface area contributed by atoms with Gasteiger partial charge in [-0.3, -0.25) is 4.79 Å². The fourth-order valence-corrected chi connectivity index (χ4v) is 4.50. The summed E-state index contributed by atoms with van der Waals surface area (Å²) >= 11 is 3.58. The van der Waals surface area contributed by atoms with E-state index in [1.165, 1.54) is 20.2 Å². The van der Waals surface area contributed by atoms with Gasteiger partial charge in [-0.05, 0) is 22.9 Å². The van der Waals surface area contributed by atoms with E-state index in [4.69, 9.17) is 5.73 Å². The van der Waals surface area contributed by atoms with Crippen molar-refractivity contribution < 1.29 is 9.69 Å². The van der Waals surface area contributed by atoms with Gasteiger partial charge in [0.05, 0.1) is 11.4 Å². The smallest absolute Gasteiger partial charge is 0.272 e. The van der Waals surface area contributed by atoms with Crippen LogP contribution in [0.3, 0.4) is 0 Å². The fourth-order valence-electron chi connectivity index (χ4n) is 2.67. The molecule has 1 unspecified atom stereocenters. The van der Waals surface area contributed by atoms with Crippen LogP contribution in [0.4, 0.5) is 0 Å². The number of rotatable bonds is 3. The Bertz CT molecular complexity index is 547. The van der Waals surface area contributed by atoms with E-state index in [1.54, 1.807) is 11.3 Å². The average Bonchev–Trinajstić information content (AvgIpc) is 2.97. The van der Waals surface area contributed by atoms with Crippen LogP contribution in [0.25, 0.3) is 0 Å². The third kappa shape index (κ3) is 2.09. The molecule has 0 saturated carbocycles. The zero-order valence-electron chi connectivity index (χ0n) is 9.89. The lowest BCUT2D eigenvalue weighted by atomic mass is 9.98. The minimum Gasteiger partial charge on any atom is -0.365 e. The largest absolute Gasteiger partial charge is 0.365 e. The molecule has 0 fully saturated rings. The van der Waals surface area contributed by atoms with Crippen LogP contribution in [0, 0.1) is 0 Å². The van der Waals surface area contributed by atoms with Crippen LogP contribution in [0.5, 0.6) is 0 Å². The summed E-state index contributed by atoms with van der Waals surface area (Å²) in [6.45, 7) is 1.40. The second kappa shape index (κ2) is 4.84. The molecule has 0 aromatic carbocycles. The summed E-state index contributed by atoms with van der Waals surface area (Å²) < 4.78 is 0. The summed E-state index contributed by atoms with van der Waals surface area (Å²) in [6, 6.07) is 6.71. The first-order valence-corrected chi connectivity index (χ1v) is 7.74. The SMILES string of the molecule is NC(=O)C[NH+]1CCc2sccc2[C@H]1c1cccs1. The van der Waals surface area contributed by atoms with E-state index >= 15 is 0 Å². The normalized spacial score (nSPS) is 22.7. The van der Waals surface area contributed by atoms with Crippen LogP contribution in [0.2, 0.25) is 0 Å². The number of fused-ring (bicyclic) bond motifs is 1. The first-order valence-electron chi connectivity index (χ1n) is 5.98. The number of carbonyl (C=O) groups is 1. The molecule has 0 aliphatic carbocycles. The summed E-state index contributed by atoms with van der Waals surface area (Å²) in [5, 5.41) is 4.25. The summed E-state index contributed by atoms with van der Waals surface area (Å²) in [7, 11) is 0. The van der Waals surface area contributed by atoms with Crippen LogP contribution < -0.4 is 10.6 Å². The Kier molecular flexibility index (Phi) is 3.20. The number of primary amides is 1. The topological polar surface area (TPSA) is 47.5 Å². The Morgan fingerprint density at radius 2 is 2.28 bits per heavy atom. The lowest BCUT2D eigenvalue weighted by Crippen LogP contribution is -3.14. The van der Waals surface area contributed by atoms with Crippen LogP contribution in [0.15, 0.2) is 29.0 Å². The number of carbonyl (C=O) groups excluding carboxylic acids is 1. The second-order valence-electron chi connectivity index (χ2n) is 4.55. The quantitative estimate of drug-likeness (QED) is 0.859. The standard InChI is InChI=1S/C13H14N2OS2/c14-12(16)8-15-5-3-10-9(4-7-18-10)13(15)11-2-1-6-17-11/h1-2,4,6-7,13H,3,5,8H2,(H2,14,16)/p+1/t13-/m0/s1. The third-order valence-electron chi connectivity index (χ3n) is 3.40. The van der Waals surface area contributed by atoms with Gasteiger partial charge in [0, 0.05) is 16.9 Å². The molecule has 2 aromatic heterocycles. The number of nitrogens with two attached hydrogens (primary N) is 1. The Morgan fingerprint density at radius 3 is 3.00 bits per heavy atom. The maximum Gasteiger partial charge on any atom is 0.272 e. The van der Waals surface area contributed by atoms with Gasteiger partial charge < -0.3 is 10.6 Å². The van der Waals surface area contributed by atoms with Gasteiger partial charge in [-0.1, -0.05) is 6.07 Å². The highest BCUT2D eigenvalue weighted by molar-refractivity contribution is 7.10. The predicted molar refractivity (Wildman–Crippen MR) is 74.1 cm³/mol. The zero-order valence-corrected chi connectivity index (χ0v) is 11.5. The first-order chi connectivity index (χ1) is 8.75. The third-order valence-corrected chi connectivity index (χ3v) is 5.33. The molecule has 0 bridgehead atoms. The van der Waals surface area contributed by atoms with Crippen molar-refractivity contribution in [3.63, 3.8) is 0 Å². The minimum absolute atomic E-state index is 0.217. The molecule has 1 aliphatic rings. The van der Waals surface area contributed by atoms with Crippen LogP contribution in [-0.2, 0) is 11.2 Å². The maximum absolute atomic E-state index is 11.2. The number of hydrogen-bond donors (Lipinski definition) is 2. The van der Waals surface area contributed by atoms with Gasteiger partial charge in [-0.25, -0.2) is 0 Å². The molecule has 0 radical (unpaired) electrons. The molecule has 0 spiro atoms. The second-order valence-corrected chi connectivity index (χ2v) is 6.53. The van der Waals surface area contributed by atoms with Gasteiger partial charge in [0.15, 0.2) is 6.54 Å².